The quantitative estimate of drug-likeness (QED) is 0.781. The summed E-state index contributed by atoms with van der Waals surface area (Å²) < 4.78 is 5.41. The maximum absolute atomic E-state index is 5.89. The average molecular weight is 248 g/mol. The number of nitrogens with one attached hydrogen (secondary N) is 1. The van der Waals surface area contributed by atoms with Crippen molar-refractivity contribution in [3.63, 3.8) is 0 Å². The largest absolute Gasteiger partial charge is 0.380 e. The summed E-state index contributed by atoms with van der Waals surface area (Å²) in [6.07, 6.45) is 0.862. The van der Waals surface area contributed by atoms with Crippen molar-refractivity contribution in [2.45, 2.75) is 6.42 Å². The predicted octanol–water partition coefficient (Wildman–Crippen LogP) is 2.77. The fourth-order valence-electron chi connectivity index (χ4n) is 1.16. The third-order valence-electron chi connectivity index (χ3n) is 2.02. The molecule has 0 saturated carbocycles. The van der Waals surface area contributed by atoms with Crippen LogP contribution in [0.3, 0.4) is 0 Å². The van der Waals surface area contributed by atoms with Crippen molar-refractivity contribution < 1.29 is 4.74 Å². The Kier molecular flexibility index (Phi) is 6.03. The Bertz CT molecular complexity index is 305. The van der Waals surface area contributed by atoms with Crippen LogP contribution in [0.1, 0.15) is 5.56 Å². The highest BCUT2D eigenvalue weighted by Gasteiger charge is 1.99. The molecule has 2 nitrogen and oxygen atoms in total. The van der Waals surface area contributed by atoms with Gasteiger partial charge in [-0.1, -0.05) is 29.3 Å². The predicted molar refractivity (Wildman–Crippen MR) is 64.9 cm³/mol. The lowest BCUT2D eigenvalue weighted by atomic mass is 10.2. The van der Waals surface area contributed by atoms with Gasteiger partial charge in [0.2, 0.25) is 0 Å². The van der Waals surface area contributed by atoms with Crippen molar-refractivity contribution in [1.82, 2.24) is 5.32 Å². The normalized spacial score (nSPS) is 10.6. The van der Waals surface area contributed by atoms with E-state index in [1.807, 2.05) is 25.2 Å². The van der Waals surface area contributed by atoms with Crippen molar-refractivity contribution in [2.75, 3.05) is 26.8 Å². The van der Waals surface area contributed by atoms with Gasteiger partial charge in [-0.3, -0.25) is 0 Å². The van der Waals surface area contributed by atoms with Gasteiger partial charge in [0.05, 0.1) is 23.3 Å². The third-order valence-corrected chi connectivity index (χ3v) is 2.75. The maximum atomic E-state index is 5.89. The lowest BCUT2D eigenvalue weighted by Gasteiger charge is -2.05. The number of halogens is 2. The first-order valence-electron chi connectivity index (χ1n) is 4.90. The average Bonchev–Trinajstić information content (AvgIpc) is 2.23. The second-order valence-electron chi connectivity index (χ2n) is 3.21. The third kappa shape index (κ3) is 4.85. The van der Waals surface area contributed by atoms with Gasteiger partial charge >= 0.3 is 0 Å². The van der Waals surface area contributed by atoms with E-state index in [0.717, 1.165) is 25.1 Å². The molecular formula is C11H15Cl2NO. The highest BCUT2D eigenvalue weighted by atomic mass is 35.5. The summed E-state index contributed by atoms with van der Waals surface area (Å²) in [5.74, 6) is 0. The molecule has 15 heavy (non-hydrogen) atoms. The first-order chi connectivity index (χ1) is 7.24. The van der Waals surface area contributed by atoms with Crippen LogP contribution in [0.15, 0.2) is 18.2 Å². The van der Waals surface area contributed by atoms with E-state index in [9.17, 15) is 0 Å². The first-order valence-corrected chi connectivity index (χ1v) is 5.66. The number of benzene rings is 1. The maximum Gasteiger partial charge on any atom is 0.0595 e. The van der Waals surface area contributed by atoms with Crippen LogP contribution in [0.5, 0.6) is 0 Å². The van der Waals surface area contributed by atoms with E-state index in [2.05, 4.69) is 5.32 Å². The Morgan fingerprint density at radius 3 is 2.67 bits per heavy atom. The molecule has 0 aliphatic carbocycles. The Morgan fingerprint density at radius 2 is 2.00 bits per heavy atom. The molecule has 1 aromatic carbocycles. The van der Waals surface area contributed by atoms with Gasteiger partial charge in [0.1, 0.15) is 0 Å². The topological polar surface area (TPSA) is 21.3 Å². The Morgan fingerprint density at radius 1 is 1.20 bits per heavy atom. The minimum atomic E-state index is 0.594. The van der Waals surface area contributed by atoms with Gasteiger partial charge in [-0.15, -0.1) is 0 Å². The molecule has 0 radical (unpaired) electrons. The summed E-state index contributed by atoms with van der Waals surface area (Å²) in [6.45, 7) is 2.32. The lowest BCUT2D eigenvalue weighted by molar-refractivity contribution is 0.140. The molecule has 0 spiro atoms. The minimum absolute atomic E-state index is 0.594. The van der Waals surface area contributed by atoms with Crippen LogP contribution in [-0.4, -0.2) is 26.8 Å². The van der Waals surface area contributed by atoms with Gasteiger partial charge in [0, 0.05) is 6.54 Å². The summed E-state index contributed by atoms with van der Waals surface area (Å²) in [6, 6.07) is 5.66. The van der Waals surface area contributed by atoms with Crippen LogP contribution in [0, 0.1) is 0 Å². The number of likely N-dealkylation sites (N-methyl/N-ethyl adjacent to an activating group) is 1. The number of hydrogen-bond acceptors (Lipinski definition) is 2. The lowest BCUT2D eigenvalue weighted by Crippen LogP contribution is -2.15. The van der Waals surface area contributed by atoms with Crippen molar-refractivity contribution in [2.24, 2.45) is 0 Å². The van der Waals surface area contributed by atoms with Crippen LogP contribution in [0.25, 0.3) is 0 Å². The molecule has 1 rings (SSSR count). The van der Waals surface area contributed by atoms with E-state index in [-0.39, 0.29) is 0 Å². The molecule has 4 heteroatoms. The molecule has 1 aromatic rings. The van der Waals surface area contributed by atoms with Crippen LogP contribution in [0.2, 0.25) is 10.0 Å². The molecule has 84 valence electrons. The van der Waals surface area contributed by atoms with Gasteiger partial charge in [-0.25, -0.2) is 0 Å². The molecule has 0 saturated heterocycles. The SMILES string of the molecule is CNCCOCCc1ccc(Cl)c(Cl)c1. The van der Waals surface area contributed by atoms with Gasteiger partial charge in [0.25, 0.3) is 0 Å². The van der Waals surface area contributed by atoms with Crippen molar-refractivity contribution >= 4 is 23.2 Å². The molecule has 0 heterocycles. The van der Waals surface area contributed by atoms with E-state index in [0.29, 0.717) is 16.7 Å². The van der Waals surface area contributed by atoms with E-state index in [1.165, 1.54) is 0 Å². The fraction of sp³-hybridized carbons (Fsp3) is 0.455. The minimum Gasteiger partial charge on any atom is -0.380 e. The standard InChI is InChI=1S/C11H15Cl2NO/c1-14-5-7-15-6-4-9-2-3-10(12)11(13)8-9/h2-3,8,14H,4-7H2,1H3. The van der Waals surface area contributed by atoms with Crippen molar-refractivity contribution in [3.8, 4) is 0 Å². The first kappa shape index (κ1) is 12.8. The summed E-state index contributed by atoms with van der Waals surface area (Å²) in [5, 5.41) is 4.21. The molecular weight excluding hydrogens is 233 g/mol. The Labute approximate surface area is 101 Å². The van der Waals surface area contributed by atoms with Crippen molar-refractivity contribution in [3.05, 3.63) is 33.8 Å². The van der Waals surface area contributed by atoms with E-state index >= 15 is 0 Å². The monoisotopic (exact) mass is 247 g/mol. The summed E-state index contributed by atoms with van der Waals surface area (Å²) in [5.41, 5.74) is 1.15. The number of ether oxygens (including phenoxy) is 1. The fourth-order valence-corrected chi connectivity index (χ4v) is 1.48. The summed E-state index contributed by atoms with van der Waals surface area (Å²) >= 11 is 11.7. The van der Waals surface area contributed by atoms with Crippen LogP contribution in [-0.2, 0) is 11.2 Å². The smallest absolute Gasteiger partial charge is 0.0595 e. The van der Waals surface area contributed by atoms with E-state index < -0.39 is 0 Å². The Balaban J connectivity index is 2.28. The molecule has 0 fully saturated rings. The van der Waals surface area contributed by atoms with E-state index in [1.54, 1.807) is 0 Å². The summed E-state index contributed by atoms with van der Waals surface area (Å²) in [7, 11) is 1.91. The van der Waals surface area contributed by atoms with Gasteiger partial charge in [-0.05, 0) is 31.2 Å². The molecule has 0 aliphatic heterocycles. The second kappa shape index (κ2) is 7.07. The van der Waals surface area contributed by atoms with Crippen LogP contribution in [0.4, 0.5) is 0 Å². The second-order valence-corrected chi connectivity index (χ2v) is 4.03. The van der Waals surface area contributed by atoms with Gasteiger partial charge in [-0.2, -0.15) is 0 Å². The van der Waals surface area contributed by atoms with Crippen LogP contribution < -0.4 is 5.32 Å². The number of rotatable bonds is 6. The van der Waals surface area contributed by atoms with Gasteiger partial charge in [0.15, 0.2) is 0 Å². The van der Waals surface area contributed by atoms with E-state index in [4.69, 9.17) is 27.9 Å². The highest BCUT2D eigenvalue weighted by Crippen LogP contribution is 2.22. The molecule has 1 N–H and O–H groups in total. The molecule has 0 aromatic heterocycles. The van der Waals surface area contributed by atoms with Gasteiger partial charge < -0.3 is 10.1 Å². The zero-order valence-corrected chi connectivity index (χ0v) is 10.2. The molecule has 0 bridgehead atoms. The summed E-state index contributed by atoms with van der Waals surface area (Å²) in [4.78, 5) is 0. The molecule has 0 unspecified atom stereocenters. The van der Waals surface area contributed by atoms with Crippen LogP contribution >= 0.6 is 23.2 Å². The molecule has 0 aliphatic rings. The highest BCUT2D eigenvalue weighted by molar-refractivity contribution is 6.42. The molecule has 0 atom stereocenters. The zero-order chi connectivity index (χ0) is 11.1. The van der Waals surface area contributed by atoms with Crippen molar-refractivity contribution in [1.29, 1.82) is 0 Å². The Hall–Kier alpha value is -0.280. The molecule has 0 amide bonds. The number of hydrogen-bond donors (Lipinski definition) is 1. The zero-order valence-electron chi connectivity index (χ0n) is 8.72.